The van der Waals surface area contributed by atoms with E-state index >= 15 is 0 Å². The van der Waals surface area contributed by atoms with E-state index in [2.05, 4.69) is 58.9 Å². The summed E-state index contributed by atoms with van der Waals surface area (Å²) >= 11 is 0. The minimum atomic E-state index is -2.31. The van der Waals surface area contributed by atoms with E-state index in [9.17, 15) is 0 Å². The van der Waals surface area contributed by atoms with Crippen LogP contribution in [0.25, 0.3) is 0 Å². The lowest BCUT2D eigenvalue weighted by Gasteiger charge is -2.41. The maximum atomic E-state index is 6.67. The Morgan fingerprint density at radius 1 is 0.536 bits per heavy atom. The van der Waals surface area contributed by atoms with E-state index < -0.39 is 33.8 Å². The highest BCUT2D eigenvalue weighted by atomic mass is 28.5. The molecule has 0 rings (SSSR count). The number of hydrogen-bond donors (Lipinski definition) is 0. The van der Waals surface area contributed by atoms with Crippen molar-refractivity contribution in [1.29, 1.82) is 0 Å². The number of methoxy groups -OCH3 is 1. The van der Waals surface area contributed by atoms with Crippen LogP contribution in [0.4, 0.5) is 0 Å². The van der Waals surface area contributed by atoms with Gasteiger partial charge in [0.1, 0.15) is 0 Å². The molecule has 0 N–H and O–H groups in total. The molecule has 1 atom stereocenters. The molecule has 10 heteroatoms. The summed E-state index contributed by atoms with van der Waals surface area (Å²) in [4.78, 5) is 0. The van der Waals surface area contributed by atoms with Crippen LogP contribution in [0.15, 0.2) is 0 Å². The Kier molecular flexibility index (Phi) is 13.4. The average Bonchev–Trinajstić information content (AvgIpc) is 2.43. The van der Waals surface area contributed by atoms with E-state index in [0.717, 1.165) is 32.1 Å². The molecule has 1 unspecified atom stereocenters. The Hall–Kier alpha value is 0.628. The van der Waals surface area contributed by atoms with Crippen molar-refractivity contribution in [3.05, 3.63) is 0 Å². The van der Waals surface area contributed by atoms with E-state index in [-0.39, 0.29) is 0 Å². The zero-order chi connectivity index (χ0) is 21.9. The van der Waals surface area contributed by atoms with Crippen LogP contribution in [0.1, 0.15) is 12.8 Å². The monoisotopic (exact) mass is 470 g/mol. The average molecular weight is 471 g/mol. The smallest absolute Gasteiger partial charge is 0.315 e. The van der Waals surface area contributed by atoms with Crippen molar-refractivity contribution in [2.75, 3.05) is 40.1 Å². The van der Waals surface area contributed by atoms with Crippen molar-refractivity contribution in [3.63, 3.8) is 0 Å². The van der Waals surface area contributed by atoms with Gasteiger partial charge in [0.05, 0.1) is 13.2 Å². The third-order valence-electron chi connectivity index (χ3n) is 3.46. The molecule has 0 saturated heterocycles. The van der Waals surface area contributed by atoms with Crippen LogP contribution in [0.5, 0.6) is 0 Å². The summed E-state index contributed by atoms with van der Waals surface area (Å²) in [6.07, 6.45) is 1.86. The number of rotatable bonds is 17. The fourth-order valence-electron chi connectivity index (χ4n) is 3.17. The van der Waals surface area contributed by atoms with Crippen LogP contribution in [-0.2, 0) is 26.6 Å². The Bertz CT molecular complexity index is 412. The molecule has 0 aromatic carbocycles. The van der Waals surface area contributed by atoms with E-state index in [1.165, 1.54) is 0 Å². The third-order valence-corrected chi connectivity index (χ3v) is 17.0. The molecule has 0 fully saturated rings. The molecule has 0 aliphatic rings. The SMILES string of the molecule is COCCCOCCOCCC[Si](C)(O[Si](C)(C)C)O[Si](C)(C)O[Si](C)(C)C. The standard InChI is InChI=1S/C18H46O6Si4/c1-19-13-11-14-20-16-17-21-15-12-18-28(10,23-26(5,6)7)24-27(8,9)22-25(2,3)4/h11-18H2,1-10H3. The third kappa shape index (κ3) is 17.5. The summed E-state index contributed by atoms with van der Waals surface area (Å²) in [5, 5.41) is 0. The normalized spacial score (nSPS) is 15.6. The van der Waals surface area contributed by atoms with E-state index in [1.807, 2.05) is 0 Å². The molecule has 0 aliphatic carbocycles. The zero-order valence-corrected chi connectivity index (χ0v) is 24.1. The predicted molar refractivity (Wildman–Crippen MR) is 127 cm³/mol. The first-order chi connectivity index (χ1) is 12.7. The van der Waals surface area contributed by atoms with Gasteiger partial charge in [0, 0.05) is 26.9 Å². The Morgan fingerprint density at radius 3 is 1.50 bits per heavy atom. The summed E-state index contributed by atoms with van der Waals surface area (Å²) in [5.74, 6) is 0. The van der Waals surface area contributed by atoms with Gasteiger partial charge in [-0.1, -0.05) is 0 Å². The van der Waals surface area contributed by atoms with Gasteiger partial charge in [-0.2, -0.15) is 0 Å². The highest BCUT2D eigenvalue weighted by molar-refractivity contribution is 6.89. The fraction of sp³-hybridized carbons (Fsp3) is 1.00. The maximum absolute atomic E-state index is 6.67. The van der Waals surface area contributed by atoms with E-state index in [4.69, 9.17) is 26.6 Å². The van der Waals surface area contributed by atoms with Gasteiger partial charge in [-0.25, -0.2) is 0 Å². The number of hydrogen-bond acceptors (Lipinski definition) is 6. The van der Waals surface area contributed by atoms with Crippen LogP contribution in [0.2, 0.25) is 65.0 Å². The Balaban J connectivity index is 4.42. The van der Waals surface area contributed by atoms with Gasteiger partial charge < -0.3 is 26.6 Å². The van der Waals surface area contributed by atoms with E-state index in [1.54, 1.807) is 7.11 Å². The lowest BCUT2D eigenvalue weighted by atomic mass is 10.5. The summed E-state index contributed by atoms with van der Waals surface area (Å²) < 4.78 is 35.9. The first kappa shape index (κ1) is 28.6. The molecule has 28 heavy (non-hydrogen) atoms. The highest BCUT2D eigenvalue weighted by Crippen LogP contribution is 2.27. The van der Waals surface area contributed by atoms with Crippen molar-refractivity contribution >= 4 is 33.8 Å². The van der Waals surface area contributed by atoms with Gasteiger partial charge in [-0.3, -0.25) is 0 Å². The molecule has 0 radical (unpaired) electrons. The van der Waals surface area contributed by atoms with Crippen LogP contribution in [0.3, 0.4) is 0 Å². The van der Waals surface area contributed by atoms with Gasteiger partial charge in [-0.15, -0.1) is 0 Å². The quantitative estimate of drug-likeness (QED) is 0.222. The highest BCUT2D eigenvalue weighted by Gasteiger charge is 2.44. The molecule has 0 aromatic heterocycles. The van der Waals surface area contributed by atoms with Crippen molar-refractivity contribution in [2.45, 2.75) is 77.8 Å². The molecule has 0 heterocycles. The first-order valence-corrected chi connectivity index (χ1v) is 22.6. The Morgan fingerprint density at radius 2 is 1.04 bits per heavy atom. The van der Waals surface area contributed by atoms with Crippen molar-refractivity contribution < 1.29 is 26.6 Å². The maximum Gasteiger partial charge on any atom is 0.315 e. The lowest BCUT2D eigenvalue weighted by Crippen LogP contribution is -2.56. The van der Waals surface area contributed by atoms with Crippen molar-refractivity contribution in [1.82, 2.24) is 0 Å². The second-order valence-electron chi connectivity index (χ2n) is 9.74. The zero-order valence-electron chi connectivity index (χ0n) is 20.1. The van der Waals surface area contributed by atoms with Crippen LogP contribution in [0, 0.1) is 0 Å². The van der Waals surface area contributed by atoms with Crippen LogP contribution >= 0.6 is 0 Å². The molecule has 0 amide bonds. The topological polar surface area (TPSA) is 55.4 Å². The van der Waals surface area contributed by atoms with E-state index in [0.29, 0.717) is 19.8 Å². The largest absolute Gasteiger partial charge is 0.437 e. The molecule has 0 aromatic rings. The van der Waals surface area contributed by atoms with Crippen LogP contribution in [-0.4, -0.2) is 73.9 Å². The summed E-state index contributed by atoms with van der Waals surface area (Å²) in [6, 6.07) is 0.928. The van der Waals surface area contributed by atoms with Crippen LogP contribution < -0.4 is 0 Å². The second-order valence-corrected chi connectivity index (χ2v) is 26.2. The molecule has 0 bridgehead atoms. The van der Waals surface area contributed by atoms with Crippen molar-refractivity contribution in [3.8, 4) is 0 Å². The molecule has 6 nitrogen and oxygen atoms in total. The molecule has 170 valence electrons. The molecular weight excluding hydrogens is 425 g/mol. The second kappa shape index (κ2) is 13.1. The minimum absolute atomic E-state index is 0.625. The Labute approximate surface area is 178 Å². The fourth-order valence-corrected chi connectivity index (χ4v) is 21.1. The van der Waals surface area contributed by atoms with Crippen molar-refractivity contribution in [2.24, 2.45) is 0 Å². The summed E-state index contributed by atoms with van der Waals surface area (Å²) in [7, 11) is -6.18. The van der Waals surface area contributed by atoms with Gasteiger partial charge in [0.15, 0.2) is 16.6 Å². The van der Waals surface area contributed by atoms with Gasteiger partial charge in [0.2, 0.25) is 0 Å². The van der Waals surface area contributed by atoms with Gasteiger partial charge in [0.25, 0.3) is 0 Å². The predicted octanol–water partition coefficient (Wildman–Crippen LogP) is 4.94. The summed E-state index contributed by atoms with van der Waals surface area (Å²) in [6.45, 7) is 23.3. The molecule has 0 aliphatic heterocycles. The molecule has 0 saturated carbocycles. The molecular formula is C18H46O6Si4. The van der Waals surface area contributed by atoms with Gasteiger partial charge in [-0.05, 0) is 77.8 Å². The lowest BCUT2D eigenvalue weighted by molar-refractivity contribution is 0.0397. The minimum Gasteiger partial charge on any atom is -0.437 e. The summed E-state index contributed by atoms with van der Waals surface area (Å²) in [5.41, 5.74) is 0. The van der Waals surface area contributed by atoms with Gasteiger partial charge >= 0.3 is 17.1 Å². The number of ether oxygens (including phenoxy) is 3. The first-order valence-electron chi connectivity index (χ1n) is 10.4. The molecule has 0 spiro atoms.